The van der Waals surface area contributed by atoms with E-state index in [1.807, 2.05) is 13.8 Å². The van der Waals surface area contributed by atoms with E-state index in [1.54, 1.807) is 0 Å². The third-order valence-electron chi connectivity index (χ3n) is 4.26. The molecule has 4 nitrogen and oxygen atoms in total. The van der Waals surface area contributed by atoms with Gasteiger partial charge in [-0.3, -0.25) is 0 Å². The van der Waals surface area contributed by atoms with Crippen molar-refractivity contribution in [3.8, 4) is 5.88 Å². The van der Waals surface area contributed by atoms with Gasteiger partial charge < -0.3 is 10.5 Å². The van der Waals surface area contributed by atoms with Gasteiger partial charge >= 0.3 is 0 Å². The molecule has 1 aliphatic carbocycles. The first kappa shape index (κ1) is 15.2. The second-order valence-electron chi connectivity index (χ2n) is 5.64. The van der Waals surface area contributed by atoms with Gasteiger partial charge in [-0.2, -0.15) is 5.10 Å². The van der Waals surface area contributed by atoms with Gasteiger partial charge in [-0.05, 0) is 44.6 Å². The normalized spacial score (nSPS) is 22.6. The summed E-state index contributed by atoms with van der Waals surface area (Å²) >= 11 is 5.14. The summed E-state index contributed by atoms with van der Waals surface area (Å²) in [5.74, 6) is 1.25. The second-order valence-corrected chi connectivity index (χ2v) is 6.08. The Morgan fingerprint density at radius 2 is 2.10 bits per heavy atom. The van der Waals surface area contributed by atoms with Crippen LogP contribution in [0.15, 0.2) is 0 Å². The molecule has 1 aliphatic rings. The summed E-state index contributed by atoms with van der Waals surface area (Å²) in [6, 6.07) is 0. The van der Waals surface area contributed by atoms with Crippen LogP contribution in [-0.4, -0.2) is 21.3 Å². The molecular formula is C15H23N3OS. The Morgan fingerprint density at radius 3 is 2.75 bits per heavy atom. The maximum absolute atomic E-state index is 6.07. The Kier molecular flexibility index (Phi) is 4.91. The average molecular weight is 293 g/mol. The molecule has 1 heterocycles. The Balaban J connectivity index is 2.21. The number of thiocarbonyl (C=S) groups is 1. The molecule has 1 fully saturated rings. The first-order valence-corrected chi connectivity index (χ1v) is 7.74. The van der Waals surface area contributed by atoms with Crippen LogP contribution in [0.3, 0.4) is 0 Å². The van der Waals surface area contributed by atoms with Gasteiger partial charge in [0.1, 0.15) is 11.1 Å². The van der Waals surface area contributed by atoms with Crippen LogP contribution in [0.4, 0.5) is 0 Å². The molecule has 20 heavy (non-hydrogen) atoms. The molecule has 2 rings (SSSR count). The fraction of sp³-hybridized carbons (Fsp3) is 0.667. The summed E-state index contributed by atoms with van der Waals surface area (Å²) in [4.78, 5) is 0.332. The van der Waals surface area contributed by atoms with Gasteiger partial charge in [0.05, 0.1) is 11.3 Å². The number of rotatable bonds is 4. The lowest BCUT2D eigenvalue weighted by molar-refractivity contribution is 0.115. The Labute approximate surface area is 126 Å². The third-order valence-corrected chi connectivity index (χ3v) is 4.46. The Bertz CT molecular complexity index is 504. The highest BCUT2D eigenvalue weighted by Gasteiger charge is 2.24. The van der Waals surface area contributed by atoms with E-state index in [4.69, 9.17) is 22.7 Å². The second kappa shape index (κ2) is 6.48. The van der Waals surface area contributed by atoms with Crippen LogP contribution in [0.2, 0.25) is 0 Å². The summed E-state index contributed by atoms with van der Waals surface area (Å²) in [7, 11) is 0. The number of aryl methyl sites for hydroxylation is 1. The maximum Gasteiger partial charge on any atom is 0.244 e. The molecule has 2 atom stereocenters. The molecule has 1 aromatic heterocycles. The van der Waals surface area contributed by atoms with Crippen LogP contribution in [-0.2, 0) is 0 Å². The maximum atomic E-state index is 6.07. The first-order valence-electron chi connectivity index (χ1n) is 7.33. The predicted molar refractivity (Wildman–Crippen MR) is 84.1 cm³/mol. The van der Waals surface area contributed by atoms with Gasteiger partial charge in [0, 0.05) is 0 Å². The molecule has 0 radical (unpaired) electrons. The van der Waals surface area contributed by atoms with E-state index in [-0.39, 0.29) is 6.10 Å². The zero-order valence-electron chi connectivity index (χ0n) is 12.5. The van der Waals surface area contributed by atoms with Gasteiger partial charge in [-0.25, -0.2) is 0 Å². The van der Waals surface area contributed by atoms with Gasteiger partial charge in [0.2, 0.25) is 5.88 Å². The Morgan fingerprint density at radius 1 is 1.35 bits per heavy atom. The van der Waals surface area contributed by atoms with E-state index in [0.29, 0.717) is 10.9 Å². The molecule has 5 heteroatoms. The van der Waals surface area contributed by atoms with E-state index >= 15 is 0 Å². The highest BCUT2D eigenvalue weighted by atomic mass is 32.1. The van der Waals surface area contributed by atoms with Crippen LogP contribution < -0.4 is 10.5 Å². The van der Waals surface area contributed by atoms with Gasteiger partial charge in [0.15, 0.2) is 0 Å². The van der Waals surface area contributed by atoms with Crippen molar-refractivity contribution in [2.75, 3.05) is 0 Å². The molecule has 2 unspecified atom stereocenters. The van der Waals surface area contributed by atoms with Crippen molar-refractivity contribution in [3.05, 3.63) is 16.8 Å². The molecule has 1 aromatic rings. The lowest BCUT2D eigenvalue weighted by Crippen LogP contribution is -2.27. The number of aromatic nitrogens is 2. The molecule has 110 valence electrons. The highest BCUT2D eigenvalue weighted by Crippen LogP contribution is 2.30. The fourth-order valence-electron chi connectivity index (χ4n) is 2.84. The summed E-state index contributed by atoms with van der Waals surface area (Å²) in [6.07, 6.45) is 6.09. The fourth-order valence-corrected chi connectivity index (χ4v) is 3.08. The average Bonchev–Trinajstić information content (AvgIpc) is 2.43. The smallest absolute Gasteiger partial charge is 0.244 e. The minimum atomic E-state index is 0.207. The monoisotopic (exact) mass is 293 g/mol. The predicted octanol–water partition coefficient (Wildman–Crippen LogP) is 3.08. The van der Waals surface area contributed by atoms with Crippen molar-refractivity contribution in [2.24, 2.45) is 11.7 Å². The molecule has 0 spiro atoms. The summed E-state index contributed by atoms with van der Waals surface area (Å²) < 4.78 is 6.07. The zero-order valence-corrected chi connectivity index (χ0v) is 13.3. The Hall–Kier alpha value is -1.23. The summed E-state index contributed by atoms with van der Waals surface area (Å²) in [6.45, 7) is 6.10. The standard InChI is InChI=1S/C15H23N3OS/c1-4-11-6-5-7-12(8-11)19-15-13(14(16)20)9(2)10(3)17-18-15/h11-12H,4-8H2,1-3H3,(H2,16,20). The number of nitrogens with two attached hydrogens (primary N) is 1. The van der Waals surface area contributed by atoms with E-state index in [9.17, 15) is 0 Å². The number of hydrogen-bond donors (Lipinski definition) is 1. The lowest BCUT2D eigenvalue weighted by Gasteiger charge is -2.29. The van der Waals surface area contributed by atoms with Gasteiger partial charge in [-0.15, -0.1) is 5.10 Å². The van der Waals surface area contributed by atoms with Gasteiger partial charge in [0.25, 0.3) is 0 Å². The van der Waals surface area contributed by atoms with Crippen molar-refractivity contribution >= 4 is 17.2 Å². The van der Waals surface area contributed by atoms with E-state index < -0.39 is 0 Å². The minimum absolute atomic E-state index is 0.207. The SMILES string of the molecule is CCC1CCCC(Oc2nnc(C)c(C)c2C(N)=S)C1. The van der Waals surface area contributed by atoms with Crippen LogP contribution in [0, 0.1) is 19.8 Å². The van der Waals surface area contributed by atoms with Crippen molar-refractivity contribution in [3.63, 3.8) is 0 Å². The topological polar surface area (TPSA) is 61.0 Å². The first-order chi connectivity index (χ1) is 9.52. The molecule has 0 bridgehead atoms. The molecule has 0 saturated heterocycles. The van der Waals surface area contributed by atoms with E-state index in [1.165, 1.54) is 19.3 Å². The molecule has 0 aliphatic heterocycles. The van der Waals surface area contributed by atoms with Crippen LogP contribution in [0.1, 0.15) is 55.8 Å². The largest absolute Gasteiger partial charge is 0.473 e. The number of ether oxygens (including phenoxy) is 1. The van der Waals surface area contributed by atoms with Crippen LogP contribution in [0.25, 0.3) is 0 Å². The van der Waals surface area contributed by atoms with Crippen molar-refractivity contribution in [1.29, 1.82) is 0 Å². The highest BCUT2D eigenvalue weighted by molar-refractivity contribution is 7.80. The van der Waals surface area contributed by atoms with Crippen molar-refractivity contribution in [2.45, 2.75) is 59.0 Å². The van der Waals surface area contributed by atoms with Crippen LogP contribution in [0.5, 0.6) is 5.88 Å². The third kappa shape index (κ3) is 3.26. The molecule has 0 amide bonds. The molecule has 1 saturated carbocycles. The van der Waals surface area contributed by atoms with Crippen molar-refractivity contribution in [1.82, 2.24) is 10.2 Å². The zero-order chi connectivity index (χ0) is 14.7. The van der Waals surface area contributed by atoms with Crippen LogP contribution >= 0.6 is 12.2 Å². The lowest BCUT2D eigenvalue weighted by atomic mass is 9.85. The van der Waals surface area contributed by atoms with Gasteiger partial charge in [-0.1, -0.05) is 32.0 Å². The molecular weight excluding hydrogens is 270 g/mol. The van der Waals surface area contributed by atoms with E-state index in [2.05, 4.69) is 17.1 Å². The molecule has 2 N–H and O–H groups in total. The number of nitrogens with zero attached hydrogens (tertiary/aromatic N) is 2. The minimum Gasteiger partial charge on any atom is -0.473 e. The summed E-state index contributed by atoms with van der Waals surface area (Å²) in [5, 5.41) is 8.30. The molecule has 0 aromatic carbocycles. The summed E-state index contributed by atoms with van der Waals surface area (Å²) in [5.41, 5.74) is 8.37. The van der Waals surface area contributed by atoms with Crippen molar-refractivity contribution < 1.29 is 4.74 Å². The number of hydrogen-bond acceptors (Lipinski definition) is 4. The van der Waals surface area contributed by atoms with E-state index in [0.717, 1.165) is 35.6 Å². The quantitative estimate of drug-likeness (QED) is 0.864.